The first-order chi connectivity index (χ1) is 13.4. The zero-order valence-corrected chi connectivity index (χ0v) is 15.5. The third kappa shape index (κ3) is 3.13. The molecule has 1 N–H and O–H groups in total. The highest BCUT2D eigenvalue weighted by Gasteiger charge is 2.44. The maximum absolute atomic E-state index is 12.8. The zero-order chi connectivity index (χ0) is 19.8. The van der Waals surface area contributed by atoms with Gasteiger partial charge < -0.3 is 14.8 Å². The van der Waals surface area contributed by atoms with Crippen molar-refractivity contribution in [1.29, 1.82) is 0 Å². The maximum Gasteiger partial charge on any atom is 0.332 e. The van der Waals surface area contributed by atoms with E-state index in [1.54, 1.807) is 37.3 Å². The van der Waals surface area contributed by atoms with Crippen LogP contribution >= 0.6 is 0 Å². The molecule has 2 aromatic rings. The molecule has 0 aliphatic carbocycles. The van der Waals surface area contributed by atoms with Gasteiger partial charge in [0.15, 0.2) is 11.5 Å². The van der Waals surface area contributed by atoms with E-state index in [1.165, 1.54) is 4.90 Å². The van der Waals surface area contributed by atoms with Crippen LogP contribution in [0.15, 0.2) is 42.5 Å². The van der Waals surface area contributed by atoms with Crippen molar-refractivity contribution in [2.24, 2.45) is 0 Å². The van der Waals surface area contributed by atoms with Gasteiger partial charge in [0.2, 0.25) is 12.7 Å². The number of aryl methyl sites for hydroxylation is 1. The van der Waals surface area contributed by atoms with E-state index < -0.39 is 23.9 Å². The molecule has 1 fully saturated rings. The fourth-order valence-electron chi connectivity index (χ4n) is 3.23. The van der Waals surface area contributed by atoms with E-state index in [-0.39, 0.29) is 13.3 Å². The summed E-state index contributed by atoms with van der Waals surface area (Å²) in [5, 5.41) is 2.68. The number of nitrogens with zero attached hydrogens (tertiary/aromatic N) is 2. The minimum absolute atomic E-state index is 0.135. The maximum atomic E-state index is 12.8. The van der Waals surface area contributed by atoms with Crippen molar-refractivity contribution in [3.05, 3.63) is 48.0 Å². The predicted octanol–water partition coefficient (Wildman–Crippen LogP) is 2.52. The number of hydrogen-bond donors (Lipinski definition) is 1. The largest absolute Gasteiger partial charge is 0.454 e. The number of rotatable bonds is 4. The number of imide groups is 1. The van der Waals surface area contributed by atoms with Gasteiger partial charge in [-0.05, 0) is 38.1 Å². The van der Waals surface area contributed by atoms with Crippen molar-refractivity contribution in [2.45, 2.75) is 19.9 Å². The lowest BCUT2D eigenvalue weighted by Gasteiger charge is -2.19. The van der Waals surface area contributed by atoms with E-state index in [2.05, 4.69) is 5.32 Å². The van der Waals surface area contributed by atoms with E-state index in [1.807, 2.05) is 19.1 Å². The summed E-state index contributed by atoms with van der Waals surface area (Å²) in [5.41, 5.74) is 2.17. The topological polar surface area (TPSA) is 88.2 Å². The Morgan fingerprint density at radius 1 is 1.11 bits per heavy atom. The summed E-state index contributed by atoms with van der Waals surface area (Å²) in [6.45, 7) is 3.36. The van der Waals surface area contributed by atoms with Gasteiger partial charge in [0, 0.05) is 17.4 Å². The molecule has 0 bridgehead atoms. The van der Waals surface area contributed by atoms with Crippen molar-refractivity contribution >= 4 is 29.2 Å². The number of carbonyl (C=O) groups is 3. The van der Waals surface area contributed by atoms with Crippen molar-refractivity contribution in [3.8, 4) is 11.5 Å². The number of urea groups is 1. The molecular weight excluding hydrogens is 362 g/mol. The second kappa shape index (κ2) is 6.88. The summed E-state index contributed by atoms with van der Waals surface area (Å²) < 4.78 is 10.5. The predicted molar refractivity (Wildman–Crippen MR) is 101 cm³/mol. The SMILES string of the molecule is Cc1ccc(N2C(=O)N(CC(=O)Nc3ccc4c(c3)OCO4)C(=O)[C@H]2C)cc1. The van der Waals surface area contributed by atoms with E-state index in [4.69, 9.17) is 9.47 Å². The van der Waals surface area contributed by atoms with Gasteiger partial charge in [-0.25, -0.2) is 4.79 Å². The van der Waals surface area contributed by atoms with Gasteiger partial charge in [0.1, 0.15) is 12.6 Å². The molecule has 0 unspecified atom stereocenters. The number of nitrogens with one attached hydrogen (secondary N) is 1. The fraction of sp³-hybridized carbons (Fsp3) is 0.250. The molecule has 0 saturated carbocycles. The summed E-state index contributed by atoms with van der Waals surface area (Å²) in [6.07, 6.45) is 0. The normalized spacial score (nSPS) is 18.0. The summed E-state index contributed by atoms with van der Waals surface area (Å²) in [4.78, 5) is 40.1. The van der Waals surface area contributed by atoms with Crippen molar-refractivity contribution < 1.29 is 23.9 Å². The molecule has 4 rings (SSSR count). The van der Waals surface area contributed by atoms with E-state index in [9.17, 15) is 14.4 Å². The minimum Gasteiger partial charge on any atom is -0.454 e. The number of hydrogen-bond acceptors (Lipinski definition) is 5. The Morgan fingerprint density at radius 3 is 2.57 bits per heavy atom. The molecular formula is C20H19N3O5. The Balaban J connectivity index is 1.46. The second-order valence-electron chi connectivity index (χ2n) is 6.70. The van der Waals surface area contributed by atoms with Crippen LogP contribution in [-0.4, -0.2) is 42.1 Å². The number of amides is 4. The van der Waals surface area contributed by atoms with Gasteiger partial charge in [-0.2, -0.15) is 0 Å². The van der Waals surface area contributed by atoms with Crippen LogP contribution in [0.1, 0.15) is 12.5 Å². The average molecular weight is 381 g/mol. The lowest BCUT2D eigenvalue weighted by atomic mass is 10.2. The van der Waals surface area contributed by atoms with Crippen LogP contribution in [-0.2, 0) is 9.59 Å². The lowest BCUT2D eigenvalue weighted by molar-refractivity contribution is -0.130. The molecule has 2 aliphatic rings. The Kier molecular flexibility index (Phi) is 4.38. The molecule has 8 nitrogen and oxygen atoms in total. The fourth-order valence-corrected chi connectivity index (χ4v) is 3.23. The van der Waals surface area contributed by atoms with Crippen LogP contribution in [0.3, 0.4) is 0 Å². The van der Waals surface area contributed by atoms with Crippen LogP contribution in [0.5, 0.6) is 11.5 Å². The minimum atomic E-state index is -0.673. The van der Waals surface area contributed by atoms with Crippen LogP contribution in [0.4, 0.5) is 16.2 Å². The molecule has 144 valence electrons. The highest BCUT2D eigenvalue weighted by Crippen LogP contribution is 2.34. The van der Waals surface area contributed by atoms with E-state index in [0.717, 1.165) is 10.5 Å². The monoisotopic (exact) mass is 381 g/mol. The third-order valence-electron chi connectivity index (χ3n) is 4.72. The van der Waals surface area contributed by atoms with Gasteiger partial charge in [0.05, 0.1) is 0 Å². The Labute approximate surface area is 161 Å². The number of fused-ring (bicyclic) bond motifs is 1. The number of carbonyl (C=O) groups excluding carboxylic acids is 3. The number of anilines is 2. The van der Waals surface area contributed by atoms with Crippen molar-refractivity contribution in [1.82, 2.24) is 4.90 Å². The highest BCUT2D eigenvalue weighted by atomic mass is 16.7. The molecule has 0 spiro atoms. The standard InChI is InChI=1S/C20H19N3O5/c1-12-3-6-15(7-4-12)23-13(2)19(25)22(20(23)26)10-18(24)21-14-5-8-16-17(9-14)28-11-27-16/h3-9,13H,10-11H2,1-2H3,(H,21,24)/t13-/m1/s1. The smallest absolute Gasteiger partial charge is 0.332 e. The molecule has 8 heteroatoms. The molecule has 0 aromatic heterocycles. The van der Waals surface area contributed by atoms with Crippen LogP contribution in [0.25, 0.3) is 0 Å². The molecule has 4 amide bonds. The summed E-state index contributed by atoms with van der Waals surface area (Å²) >= 11 is 0. The Hall–Kier alpha value is -3.55. The molecule has 2 aromatic carbocycles. The Morgan fingerprint density at radius 2 is 1.82 bits per heavy atom. The molecule has 1 saturated heterocycles. The summed E-state index contributed by atoms with van der Waals surface area (Å²) in [7, 11) is 0. The first-order valence-corrected chi connectivity index (χ1v) is 8.85. The molecule has 1 atom stereocenters. The van der Waals surface area contributed by atoms with Crippen molar-refractivity contribution in [3.63, 3.8) is 0 Å². The lowest BCUT2D eigenvalue weighted by Crippen LogP contribution is -2.39. The first kappa shape index (κ1) is 17.8. The van der Waals surface area contributed by atoms with E-state index >= 15 is 0 Å². The molecule has 0 radical (unpaired) electrons. The Bertz CT molecular complexity index is 957. The van der Waals surface area contributed by atoms with Gasteiger partial charge in [-0.1, -0.05) is 17.7 Å². The molecule has 28 heavy (non-hydrogen) atoms. The van der Waals surface area contributed by atoms with Crippen LogP contribution < -0.4 is 19.7 Å². The molecule has 2 heterocycles. The number of ether oxygens (including phenoxy) is 2. The van der Waals surface area contributed by atoms with E-state index in [0.29, 0.717) is 22.9 Å². The summed E-state index contributed by atoms with van der Waals surface area (Å²) in [6, 6.07) is 11.1. The van der Waals surface area contributed by atoms with Gasteiger partial charge in [-0.15, -0.1) is 0 Å². The summed E-state index contributed by atoms with van der Waals surface area (Å²) in [5.74, 6) is 0.251. The average Bonchev–Trinajstić information content (AvgIpc) is 3.21. The second-order valence-corrected chi connectivity index (χ2v) is 6.70. The van der Waals surface area contributed by atoms with Crippen LogP contribution in [0, 0.1) is 6.92 Å². The van der Waals surface area contributed by atoms with Crippen molar-refractivity contribution in [2.75, 3.05) is 23.6 Å². The molecule has 2 aliphatic heterocycles. The zero-order valence-electron chi connectivity index (χ0n) is 15.5. The van der Waals surface area contributed by atoms with Gasteiger partial charge >= 0.3 is 6.03 Å². The first-order valence-electron chi connectivity index (χ1n) is 8.85. The highest BCUT2D eigenvalue weighted by molar-refractivity contribution is 6.16. The quantitative estimate of drug-likeness (QED) is 0.823. The van der Waals surface area contributed by atoms with Gasteiger partial charge in [0.25, 0.3) is 5.91 Å². The number of benzene rings is 2. The van der Waals surface area contributed by atoms with Gasteiger partial charge in [-0.3, -0.25) is 19.4 Å². The third-order valence-corrected chi connectivity index (χ3v) is 4.72. The van der Waals surface area contributed by atoms with Crippen LogP contribution in [0.2, 0.25) is 0 Å².